The Morgan fingerprint density at radius 3 is 2.44 bits per heavy atom. The van der Waals surface area contributed by atoms with Crippen molar-refractivity contribution < 1.29 is 17.7 Å². The van der Waals surface area contributed by atoms with Crippen LogP contribution in [0.25, 0.3) is 17.3 Å². The number of hydrogen-bond donors (Lipinski definition) is 1. The first-order valence-corrected chi connectivity index (χ1v) is 8.03. The number of alkyl halides is 3. The Morgan fingerprint density at radius 1 is 1.11 bits per heavy atom. The number of aromatic nitrogens is 1. The fourth-order valence-corrected chi connectivity index (χ4v) is 2.56. The number of rotatable bonds is 4. The quantitative estimate of drug-likeness (QED) is 0.597. The van der Waals surface area contributed by atoms with Gasteiger partial charge in [-0.15, -0.1) is 0 Å². The maximum Gasteiger partial charge on any atom is 0.416 e. The molecule has 0 aliphatic rings. The van der Waals surface area contributed by atoms with Gasteiger partial charge in [-0.3, -0.25) is 0 Å². The smallest absolute Gasteiger partial charge is 0.362 e. The lowest BCUT2D eigenvalue weighted by Gasteiger charge is -2.07. The molecule has 0 fully saturated rings. The monoisotopic (exact) mass is 389 g/mol. The first-order chi connectivity index (χ1) is 12.9. The van der Waals surface area contributed by atoms with Crippen molar-refractivity contribution in [2.24, 2.45) is 0 Å². The van der Waals surface area contributed by atoms with Gasteiger partial charge in [0.05, 0.1) is 10.6 Å². The van der Waals surface area contributed by atoms with E-state index in [0.29, 0.717) is 22.0 Å². The van der Waals surface area contributed by atoms with E-state index in [0.717, 1.165) is 12.1 Å². The average molecular weight is 390 g/mol. The summed E-state index contributed by atoms with van der Waals surface area (Å²) < 4.78 is 42.9. The van der Waals surface area contributed by atoms with Crippen molar-refractivity contribution in [2.45, 2.75) is 6.18 Å². The summed E-state index contributed by atoms with van der Waals surface area (Å²) in [4.78, 5) is 0. The van der Waals surface area contributed by atoms with Gasteiger partial charge >= 0.3 is 6.18 Å². The van der Waals surface area contributed by atoms with Crippen molar-refractivity contribution in [3.8, 4) is 17.3 Å². The topological polar surface area (TPSA) is 61.9 Å². The minimum absolute atomic E-state index is 0.201. The predicted octanol–water partition coefficient (Wildman–Crippen LogP) is 5.97. The van der Waals surface area contributed by atoms with Crippen molar-refractivity contribution in [3.05, 3.63) is 76.6 Å². The van der Waals surface area contributed by atoms with Gasteiger partial charge in [-0.2, -0.15) is 18.4 Å². The highest BCUT2D eigenvalue weighted by atomic mass is 35.5. The highest BCUT2D eigenvalue weighted by molar-refractivity contribution is 6.33. The zero-order valence-electron chi connectivity index (χ0n) is 13.6. The molecule has 0 saturated heterocycles. The van der Waals surface area contributed by atoms with E-state index in [9.17, 15) is 18.4 Å². The van der Waals surface area contributed by atoms with Gasteiger partial charge < -0.3 is 9.84 Å². The van der Waals surface area contributed by atoms with Gasteiger partial charge in [0.2, 0.25) is 0 Å². The summed E-state index contributed by atoms with van der Waals surface area (Å²) in [5.41, 5.74) is 0.799. The van der Waals surface area contributed by atoms with Gasteiger partial charge in [-0.05, 0) is 30.3 Å². The van der Waals surface area contributed by atoms with Gasteiger partial charge in [0.1, 0.15) is 17.3 Å². The molecule has 8 heteroatoms. The van der Waals surface area contributed by atoms with Crippen molar-refractivity contribution in [3.63, 3.8) is 0 Å². The molecule has 0 saturated carbocycles. The standard InChI is InChI=1S/C19H11ClF3N3O/c20-16-4-2-1-3-14(16)18-15(11-24)17(27-26-18)9-10-25-13-7-5-12(6-8-13)19(21,22)23/h1-10,25H. The molecule has 0 aliphatic carbocycles. The lowest BCUT2D eigenvalue weighted by Crippen LogP contribution is -2.04. The first-order valence-electron chi connectivity index (χ1n) is 7.65. The second kappa shape index (κ2) is 7.56. The number of nitriles is 1. The molecule has 1 aromatic heterocycles. The molecule has 0 bridgehead atoms. The molecule has 0 unspecified atom stereocenters. The lowest BCUT2D eigenvalue weighted by atomic mass is 10.1. The Morgan fingerprint density at radius 2 is 1.81 bits per heavy atom. The van der Waals surface area contributed by atoms with Crippen LogP contribution in [0.15, 0.2) is 59.3 Å². The second-order valence-corrected chi connectivity index (χ2v) is 5.82. The molecular weight excluding hydrogens is 379 g/mol. The average Bonchev–Trinajstić information content (AvgIpc) is 3.04. The summed E-state index contributed by atoms with van der Waals surface area (Å²) >= 11 is 6.12. The van der Waals surface area contributed by atoms with Crippen LogP contribution in [-0.4, -0.2) is 5.16 Å². The molecular formula is C19H11ClF3N3O. The summed E-state index contributed by atoms with van der Waals surface area (Å²) in [5.74, 6) is 0.201. The fourth-order valence-electron chi connectivity index (χ4n) is 2.33. The van der Waals surface area contributed by atoms with Crippen LogP contribution in [0.1, 0.15) is 16.9 Å². The van der Waals surface area contributed by atoms with Gasteiger partial charge in [-0.25, -0.2) is 0 Å². The molecule has 0 spiro atoms. The van der Waals surface area contributed by atoms with Gasteiger partial charge in [0.15, 0.2) is 5.76 Å². The number of benzene rings is 2. The maximum absolute atomic E-state index is 12.6. The highest BCUT2D eigenvalue weighted by Gasteiger charge is 2.29. The predicted molar refractivity (Wildman–Crippen MR) is 95.8 cm³/mol. The van der Waals surface area contributed by atoms with Crippen molar-refractivity contribution in [1.29, 1.82) is 5.26 Å². The van der Waals surface area contributed by atoms with E-state index in [4.69, 9.17) is 16.1 Å². The molecule has 136 valence electrons. The third kappa shape index (κ3) is 4.13. The number of anilines is 1. The molecule has 0 aliphatic heterocycles. The normalized spacial score (nSPS) is 11.5. The van der Waals surface area contributed by atoms with Crippen LogP contribution in [-0.2, 0) is 6.18 Å². The molecule has 2 aromatic carbocycles. The highest BCUT2D eigenvalue weighted by Crippen LogP contribution is 2.31. The Balaban J connectivity index is 1.79. The molecule has 0 atom stereocenters. The van der Waals surface area contributed by atoms with Crippen LogP contribution < -0.4 is 5.32 Å². The van der Waals surface area contributed by atoms with E-state index in [2.05, 4.69) is 10.5 Å². The van der Waals surface area contributed by atoms with E-state index in [-0.39, 0.29) is 11.3 Å². The zero-order chi connectivity index (χ0) is 19.4. The van der Waals surface area contributed by atoms with E-state index < -0.39 is 11.7 Å². The largest absolute Gasteiger partial charge is 0.416 e. The van der Waals surface area contributed by atoms with E-state index in [1.54, 1.807) is 24.3 Å². The van der Waals surface area contributed by atoms with Gasteiger partial charge in [0, 0.05) is 23.5 Å². The molecule has 1 N–H and O–H groups in total. The maximum atomic E-state index is 12.6. The van der Waals surface area contributed by atoms with Gasteiger partial charge in [-0.1, -0.05) is 35.0 Å². The third-order valence-electron chi connectivity index (χ3n) is 3.66. The Bertz CT molecular complexity index is 1020. The number of nitrogens with zero attached hydrogens (tertiary/aromatic N) is 2. The van der Waals surface area contributed by atoms with Crippen molar-refractivity contribution in [1.82, 2.24) is 5.16 Å². The van der Waals surface area contributed by atoms with E-state index in [1.165, 1.54) is 24.4 Å². The molecule has 3 rings (SSSR count). The summed E-state index contributed by atoms with van der Waals surface area (Å²) in [6.07, 6.45) is -1.48. The minimum atomic E-state index is -4.38. The van der Waals surface area contributed by atoms with Crippen LogP contribution in [0.3, 0.4) is 0 Å². The molecule has 0 amide bonds. The molecule has 1 heterocycles. The Hall–Kier alpha value is -3.24. The number of halogens is 4. The van der Waals surface area contributed by atoms with Crippen molar-refractivity contribution >= 4 is 23.4 Å². The summed E-state index contributed by atoms with van der Waals surface area (Å²) in [7, 11) is 0. The van der Waals surface area contributed by atoms with Crippen LogP contribution >= 0.6 is 11.6 Å². The third-order valence-corrected chi connectivity index (χ3v) is 3.99. The van der Waals surface area contributed by atoms with Crippen LogP contribution in [0.2, 0.25) is 5.02 Å². The Labute approximate surface area is 157 Å². The molecule has 3 aromatic rings. The number of nitrogens with one attached hydrogen (secondary N) is 1. The zero-order valence-corrected chi connectivity index (χ0v) is 14.3. The first kappa shape index (κ1) is 18.5. The van der Waals surface area contributed by atoms with Gasteiger partial charge in [0.25, 0.3) is 0 Å². The summed E-state index contributed by atoms with van der Waals surface area (Å²) in [5, 5.41) is 16.5. The molecule has 4 nitrogen and oxygen atoms in total. The van der Waals surface area contributed by atoms with Crippen LogP contribution in [0.4, 0.5) is 18.9 Å². The summed E-state index contributed by atoms with van der Waals surface area (Å²) in [6.45, 7) is 0. The van der Waals surface area contributed by atoms with Crippen molar-refractivity contribution in [2.75, 3.05) is 5.32 Å². The lowest BCUT2D eigenvalue weighted by molar-refractivity contribution is -0.137. The van der Waals surface area contributed by atoms with Crippen LogP contribution in [0, 0.1) is 11.3 Å². The second-order valence-electron chi connectivity index (χ2n) is 5.41. The summed E-state index contributed by atoms with van der Waals surface area (Å²) in [6, 6.07) is 13.5. The molecule has 0 radical (unpaired) electrons. The van der Waals surface area contributed by atoms with E-state index in [1.807, 2.05) is 6.07 Å². The SMILES string of the molecule is N#Cc1c(-c2ccccc2Cl)noc1C=CNc1ccc(C(F)(F)F)cc1. The van der Waals surface area contributed by atoms with Crippen LogP contribution in [0.5, 0.6) is 0 Å². The fraction of sp³-hybridized carbons (Fsp3) is 0.0526. The minimum Gasteiger partial charge on any atom is -0.362 e. The Kier molecular flexibility index (Phi) is 5.19. The number of hydrogen-bond acceptors (Lipinski definition) is 4. The van der Waals surface area contributed by atoms with E-state index >= 15 is 0 Å². The molecule has 27 heavy (non-hydrogen) atoms.